The van der Waals surface area contributed by atoms with Crippen LogP contribution in [0.5, 0.6) is 0 Å². The molecule has 0 saturated carbocycles. The maximum Gasteiger partial charge on any atom is 0.134 e. The highest BCUT2D eigenvalue weighted by Crippen LogP contribution is 2.34. The molecule has 0 aliphatic heterocycles. The molecule has 0 fully saturated rings. The van der Waals surface area contributed by atoms with E-state index in [0.29, 0.717) is 18.2 Å². The molecule has 0 bridgehead atoms. The van der Waals surface area contributed by atoms with Crippen LogP contribution in [0.3, 0.4) is 0 Å². The fourth-order valence-electron chi connectivity index (χ4n) is 1.66. The molecule has 1 atom stereocenters. The molecule has 0 amide bonds. The van der Waals surface area contributed by atoms with Gasteiger partial charge in [-0.05, 0) is 6.07 Å². The maximum absolute atomic E-state index is 13.5. The second kappa shape index (κ2) is 5.17. The largest absolute Gasteiger partial charge is 0.207 e. The molecule has 0 radical (unpaired) electrons. The topological polar surface area (TPSA) is 0 Å². The predicted octanol–water partition coefficient (Wildman–Crippen LogP) is 4.71. The molecule has 0 spiro atoms. The van der Waals surface area contributed by atoms with Crippen LogP contribution in [-0.2, 0) is 0 Å². The highest BCUT2D eigenvalue weighted by Gasteiger charge is 2.23. The lowest BCUT2D eigenvalue weighted by Crippen LogP contribution is -2.04. The van der Waals surface area contributed by atoms with Crippen LogP contribution >= 0.6 is 11.6 Å². The van der Waals surface area contributed by atoms with Crippen molar-refractivity contribution < 1.29 is 22.0 Å². The summed E-state index contributed by atoms with van der Waals surface area (Å²) < 4.78 is 66.0. The molecule has 2 rings (SSSR count). The van der Waals surface area contributed by atoms with Gasteiger partial charge >= 0.3 is 0 Å². The molecule has 0 nitrogen and oxygen atoms in total. The third-order valence-electron chi connectivity index (χ3n) is 2.53. The Hall–Kier alpha value is -1.62. The van der Waals surface area contributed by atoms with Gasteiger partial charge in [0.15, 0.2) is 0 Å². The van der Waals surface area contributed by atoms with Crippen LogP contribution in [-0.4, -0.2) is 0 Å². The monoisotopic (exact) mass is 292 g/mol. The zero-order valence-corrected chi connectivity index (χ0v) is 9.99. The van der Waals surface area contributed by atoms with Crippen molar-refractivity contribution >= 4 is 11.6 Å². The molecule has 19 heavy (non-hydrogen) atoms. The molecule has 0 aromatic heterocycles. The Kier molecular flexibility index (Phi) is 3.75. The highest BCUT2D eigenvalue weighted by atomic mass is 35.5. The van der Waals surface area contributed by atoms with Crippen molar-refractivity contribution in [1.82, 2.24) is 0 Å². The van der Waals surface area contributed by atoms with Gasteiger partial charge in [-0.2, -0.15) is 0 Å². The van der Waals surface area contributed by atoms with Gasteiger partial charge in [-0.3, -0.25) is 0 Å². The maximum atomic E-state index is 13.5. The Bertz CT molecular complexity index is 603. The average Bonchev–Trinajstić information content (AvgIpc) is 2.26. The standard InChI is InChI=1S/C13H6ClF5/c14-13(8-2-1-6(15)3-9(8)17)12-10(18)4-7(16)5-11(12)19/h1-5,13H. The summed E-state index contributed by atoms with van der Waals surface area (Å²) >= 11 is 5.79. The Morgan fingerprint density at radius 1 is 0.737 bits per heavy atom. The molecule has 0 aliphatic rings. The van der Waals surface area contributed by atoms with Gasteiger partial charge in [0, 0.05) is 29.3 Å². The SMILES string of the molecule is Fc1ccc(C(Cl)c2c(F)cc(F)cc2F)c(F)c1. The molecule has 0 heterocycles. The number of hydrogen-bond donors (Lipinski definition) is 0. The highest BCUT2D eigenvalue weighted by molar-refractivity contribution is 6.22. The average molecular weight is 293 g/mol. The van der Waals surface area contributed by atoms with Gasteiger partial charge in [-0.25, -0.2) is 22.0 Å². The zero-order chi connectivity index (χ0) is 14.2. The Labute approximate surface area is 110 Å². The van der Waals surface area contributed by atoms with Crippen LogP contribution in [0.4, 0.5) is 22.0 Å². The van der Waals surface area contributed by atoms with Crippen molar-refractivity contribution in [2.45, 2.75) is 5.38 Å². The Balaban J connectivity index is 2.53. The molecule has 2 aromatic rings. The Morgan fingerprint density at radius 2 is 1.26 bits per heavy atom. The van der Waals surface area contributed by atoms with Gasteiger partial charge in [0.2, 0.25) is 0 Å². The van der Waals surface area contributed by atoms with Gasteiger partial charge in [0.25, 0.3) is 0 Å². The summed E-state index contributed by atoms with van der Waals surface area (Å²) in [6.07, 6.45) is 0. The summed E-state index contributed by atoms with van der Waals surface area (Å²) in [7, 11) is 0. The third-order valence-corrected chi connectivity index (χ3v) is 2.99. The first-order valence-electron chi connectivity index (χ1n) is 5.13. The van der Waals surface area contributed by atoms with Gasteiger partial charge in [-0.1, -0.05) is 6.07 Å². The van der Waals surface area contributed by atoms with E-state index >= 15 is 0 Å². The summed E-state index contributed by atoms with van der Waals surface area (Å²) in [6.45, 7) is 0. The van der Waals surface area contributed by atoms with E-state index in [4.69, 9.17) is 11.6 Å². The molecule has 100 valence electrons. The van der Waals surface area contributed by atoms with Gasteiger partial charge in [0.1, 0.15) is 29.1 Å². The molecule has 0 N–H and O–H groups in total. The van der Waals surface area contributed by atoms with Crippen molar-refractivity contribution in [3.63, 3.8) is 0 Å². The van der Waals surface area contributed by atoms with Gasteiger partial charge < -0.3 is 0 Å². The Morgan fingerprint density at radius 3 is 1.79 bits per heavy atom. The van der Waals surface area contributed by atoms with Crippen LogP contribution in [0, 0.1) is 29.1 Å². The summed E-state index contributed by atoms with van der Waals surface area (Å²) in [6, 6.07) is 3.31. The van der Waals surface area contributed by atoms with Crippen LogP contribution in [0.2, 0.25) is 0 Å². The fraction of sp³-hybridized carbons (Fsp3) is 0.0769. The third kappa shape index (κ3) is 2.71. The van der Waals surface area contributed by atoms with E-state index in [1.54, 1.807) is 0 Å². The first kappa shape index (κ1) is 13.8. The summed E-state index contributed by atoms with van der Waals surface area (Å²) in [5.41, 5.74) is -0.985. The molecule has 0 saturated heterocycles. The number of halogens is 6. The van der Waals surface area contributed by atoms with Crippen molar-refractivity contribution in [3.8, 4) is 0 Å². The first-order valence-corrected chi connectivity index (χ1v) is 5.57. The second-order valence-electron chi connectivity index (χ2n) is 3.81. The number of rotatable bonds is 2. The quantitative estimate of drug-likeness (QED) is 0.555. The van der Waals surface area contributed by atoms with Crippen LogP contribution in [0.1, 0.15) is 16.5 Å². The molecule has 1 unspecified atom stereocenters. The normalized spacial score (nSPS) is 12.5. The summed E-state index contributed by atoms with van der Waals surface area (Å²) in [4.78, 5) is 0. The summed E-state index contributed by atoms with van der Waals surface area (Å²) in [5.74, 6) is -5.46. The van der Waals surface area contributed by atoms with Crippen molar-refractivity contribution in [1.29, 1.82) is 0 Å². The lowest BCUT2D eigenvalue weighted by Gasteiger charge is -2.13. The lowest BCUT2D eigenvalue weighted by atomic mass is 10.0. The summed E-state index contributed by atoms with van der Waals surface area (Å²) in [5, 5.41) is -1.53. The van der Waals surface area contributed by atoms with Gasteiger partial charge in [-0.15, -0.1) is 11.6 Å². The lowest BCUT2D eigenvalue weighted by molar-refractivity contribution is 0.522. The van der Waals surface area contributed by atoms with E-state index in [9.17, 15) is 22.0 Å². The predicted molar refractivity (Wildman–Crippen MR) is 60.4 cm³/mol. The molecule has 2 aromatic carbocycles. The smallest absolute Gasteiger partial charge is 0.134 e. The van der Waals surface area contributed by atoms with Gasteiger partial charge in [0.05, 0.1) is 5.38 Å². The molecule has 6 heteroatoms. The molecule has 0 aliphatic carbocycles. The van der Waals surface area contributed by atoms with E-state index in [1.807, 2.05) is 0 Å². The minimum Gasteiger partial charge on any atom is -0.207 e. The van der Waals surface area contributed by atoms with Crippen molar-refractivity contribution in [3.05, 3.63) is 70.5 Å². The first-order chi connectivity index (χ1) is 8.90. The van der Waals surface area contributed by atoms with Crippen molar-refractivity contribution in [2.24, 2.45) is 0 Å². The van der Waals surface area contributed by atoms with E-state index in [0.717, 1.165) is 12.1 Å². The van der Waals surface area contributed by atoms with Crippen LogP contribution in [0.15, 0.2) is 30.3 Å². The van der Waals surface area contributed by atoms with Crippen LogP contribution < -0.4 is 0 Å². The minimum absolute atomic E-state index is 0.299. The minimum atomic E-state index is -1.53. The fourth-order valence-corrected chi connectivity index (χ4v) is 2.04. The van der Waals surface area contributed by atoms with Crippen LogP contribution in [0.25, 0.3) is 0 Å². The number of benzene rings is 2. The van der Waals surface area contributed by atoms with E-state index in [2.05, 4.69) is 0 Å². The van der Waals surface area contributed by atoms with E-state index < -0.39 is 40.0 Å². The molecular formula is C13H6ClF5. The molecular weight excluding hydrogens is 287 g/mol. The number of hydrogen-bond acceptors (Lipinski definition) is 0. The van der Waals surface area contributed by atoms with E-state index in [-0.39, 0.29) is 5.56 Å². The van der Waals surface area contributed by atoms with Crippen molar-refractivity contribution in [2.75, 3.05) is 0 Å². The second-order valence-corrected chi connectivity index (χ2v) is 4.25. The zero-order valence-electron chi connectivity index (χ0n) is 9.23. The number of alkyl halides is 1. The van der Waals surface area contributed by atoms with E-state index in [1.165, 1.54) is 0 Å².